The van der Waals surface area contributed by atoms with Crippen molar-refractivity contribution >= 4 is 46.6 Å². The number of aromatic nitrogens is 2. The van der Waals surface area contributed by atoms with E-state index in [0.717, 1.165) is 62.0 Å². The van der Waals surface area contributed by atoms with E-state index in [0.29, 0.717) is 0 Å². The number of hydrogen-bond donors (Lipinski definition) is 1. The third kappa shape index (κ3) is 5.66. The zero-order chi connectivity index (χ0) is 17.6. The first-order chi connectivity index (χ1) is 12.2. The number of guanidine groups is 1. The number of halogens is 1. The van der Waals surface area contributed by atoms with Gasteiger partial charge in [0.25, 0.3) is 0 Å². The third-order valence-electron chi connectivity index (χ3n) is 5.11. The van der Waals surface area contributed by atoms with Crippen LogP contribution in [-0.4, -0.2) is 85.0 Å². The van der Waals surface area contributed by atoms with Gasteiger partial charge in [0, 0.05) is 64.3 Å². The van der Waals surface area contributed by atoms with Crippen LogP contribution in [0.1, 0.15) is 25.6 Å². The Labute approximate surface area is 178 Å². The van der Waals surface area contributed by atoms with Gasteiger partial charge in [-0.1, -0.05) is 6.92 Å². The van der Waals surface area contributed by atoms with Crippen molar-refractivity contribution in [1.29, 1.82) is 0 Å². The lowest BCUT2D eigenvalue weighted by Crippen LogP contribution is -2.53. The molecule has 0 aliphatic carbocycles. The summed E-state index contributed by atoms with van der Waals surface area (Å²) in [5.41, 5.74) is 0. The molecule has 0 aromatic carbocycles. The van der Waals surface area contributed by atoms with E-state index in [1.165, 1.54) is 37.5 Å². The van der Waals surface area contributed by atoms with E-state index in [1.807, 2.05) is 7.05 Å². The number of nitrogens with zero attached hydrogens (tertiary/aromatic N) is 6. The quantitative estimate of drug-likeness (QED) is 0.392. The number of hydrogen-bond acceptors (Lipinski definition) is 6. The van der Waals surface area contributed by atoms with Crippen LogP contribution in [0.15, 0.2) is 4.99 Å². The second kappa shape index (κ2) is 10.6. The molecule has 0 bridgehead atoms. The largest absolute Gasteiger partial charge is 0.356 e. The van der Waals surface area contributed by atoms with Gasteiger partial charge in [0.1, 0.15) is 5.82 Å². The van der Waals surface area contributed by atoms with Crippen LogP contribution in [0, 0.1) is 5.92 Å². The summed E-state index contributed by atoms with van der Waals surface area (Å²) < 4.78 is 4.40. The molecule has 0 radical (unpaired) electrons. The summed E-state index contributed by atoms with van der Waals surface area (Å²) in [6, 6.07) is 0. The highest BCUT2D eigenvalue weighted by Crippen LogP contribution is 2.19. The van der Waals surface area contributed by atoms with Gasteiger partial charge in [-0.05, 0) is 32.4 Å². The topological polar surface area (TPSA) is 59.9 Å². The first-order valence-electron chi connectivity index (χ1n) is 9.41. The van der Waals surface area contributed by atoms with Crippen LogP contribution in [0.2, 0.25) is 0 Å². The number of nitrogens with one attached hydrogen (secondary N) is 1. The van der Waals surface area contributed by atoms with Crippen LogP contribution in [0.3, 0.4) is 0 Å². The van der Waals surface area contributed by atoms with E-state index in [9.17, 15) is 0 Å². The summed E-state index contributed by atoms with van der Waals surface area (Å²) in [4.78, 5) is 16.3. The molecule has 0 spiro atoms. The molecule has 3 rings (SSSR count). The number of aliphatic imine (C=N–C) groups is 1. The number of likely N-dealkylation sites (tertiary alicyclic amines) is 1. The predicted octanol–water partition coefficient (Wildman–Crippen LogP) is 1.76. The highest BCUT2D eigenvalue weighted by Gasteiger charge is 2.23. The molecule has 2 fully saturated rings. The van der Waals surface area contributed by atoms with Gasteiger partial charge in [0.05, 0.1) is 0 Å². The van der Waals surface area contributed by atoms with Crippen molar-refractivity contribution in [3.63, 3.8) is 0 Å². The van der Waals surface area contributed by atoms with Crippen molar-refractivity contribution < 1.29 is 0 Å². The Kier molecular flexibility index (Phi) is 8.82. The summed E-state index contributed by atoms with van der Waals surface area (Å²) >= 11 is 1.52. The molecule has 0 saturated carbocycles. The molecule has 1 unspecified atom stereocenters. The molecule has 2 aliphatic rings. The molecule has 1 aromatic heterocycles. The summed E-state index contributed by atoms with van der Waals surface area (Å²) in [6.07, 6.45) is 3.53. The smallest absolute Gasteiger partial charge is 0.205 e. The minimum atomic E-state index is 0. The fraction of sp³-hybridized carbons (Fsp3) is 0.824. The van der Waals surface area contributed by atoms with Gasteiger partial charge < -0.3 is 20.0 Å². The fourth-order valence-corrected chi connectivity index (χ4v) is 4.44. The maximum absolute atomic E-state index is 4.61. The first-order valence-corrected chi connectivity index (χ1v) is 10.2. The van der Waals surface area contributed by atoms with Crippen molar-refractivity contribution in [2.45, 2.75) is 26.2 Å². The molecule has 3 heterocycles. The van der Waals surface area contributed by atoms with Crippen LogP contribution in [0.25, 0.3) is 0 Å². The van der Waals surface area contributed by atoms with Crippen molar-refractivity contribution in [3.8, 4) is 0 Å². The standard InChI is InChI=1S/C17H31N7S.HI/c1-4-15-20-17(25-21-15)24-10-8-23(9-11-24)16(18-2)19-12-14-6-5-7-22(3)13-14;/h14H,4-13H2,1-3H3,(H,18,19);1H. The molecule has 9 heteroatoms. The van der Waals surface area contributed by atoms with Crippen molar-refractivity contribution in [2.75, 3.05) is 64.8 Å². The molecule has 1 aromatic rings. The Morgan fingerprint density at radius 2 is 2.04 bits per heavy atom. The van der Waals surface area contributed by atoms with Crippen LogP contribution in [0.5, 0.6) is 0 Å². The van der Waals surface area contributed by atoms with Crippen LogP contribution in [0.4, 0.5) is 5.13 Å². The SMILES string of the molecule is CCc1nsc(N2CCN(C(=NC)NCC3CCCN(C)C3)CC2)n1.I. The number of aryl methyl sites for hydroxylation is 1. The molecule has 148 valence electrons. The molecule has 7 nitrogen and oxygen atoms in total. The fourth-order valence-electron chi connectivity index (χ4n) is 3.63. The lowest BCUT2D eigenvalue weighted by molar-refractivity contribution is 0.209. The molecule has 2 aliphatic heterocycles. The second-order valence-corrected chi connectivity index (χ2v) is 7.75. The predicted molar refractivity (Wildman–Crippen MR) is 120 cm³/mol. The van der Waals surface area contributed by atoms with Gasteiger partial charge in [-0.25, -0.2) is 4.98 Å². The summed E-state index contributed by atoms with van der Waals surface area (Å²) in [5.74, 6) is 2.72. The average molecular weight is 493 g/mol. The Bertz CT molecular complexity index is 571. The minimum Gasteiger partial charge on any atom is -0.356 e. The number of piperidine rings is 1. The lowest BCUT2D eigenvalue weighted by Gasteiger charge is -2.37. The highest BCUT2D eigenvalue weighted by molar-refractivity contribution is 14.0. The minimum absolute atomic E-state index is 0. The average Bonchev–Trinajstić information content (AvgIpc) is 3.12. The molecule has 1 N–H and O–H groups in total. The number of anilines is 1. The summed E-state index contributed by atoms with van der Waals surface area (Å²) in [5, 5.41) is 4.66. The van der Waals surface area contributed by atoms with E-state index >= 15 is 0 Å². The molecule has 2 saturated heterocycles. The van der Waals surface area contributed by atoms with Gasteiger partial charge in [-0.15, -0.1) is 24.0 Å². The molecule has 1 atom stereocenters. The van der Waals surface area contributed by atoms with Gasteiger partial charge >= 0.3 is 0 Å². The normalized spacial score (nSPS) is 22.3. The first kappa shape index (κ1) is 21.6. The molecule has 26 heavy (non-hydrogen) atoms. The highest BCUT2D eigenvalue weighted by atomic mass is 127. The molecular weight excluding hydrogens is 461 g/mol. The van der Waals surface area contributed by atoms with Gasteiger partial charge in [-0.2, -0.15) is 4.37 Å². The zero-order valence-electron chi connectivity index (χ0n) is 16.1. The monoisotopic (exact) mass is 493 g/mol. The maximum atomic E-state index is 4.61. The summed E-state index contributed by atoms with van der Waals surface area (Å²) in [6.45, 7) is 9.46. The van der Waals surface area contributed by atoms with Crippen LogP contribution < -0.4 is 10.2 Å². The van der Waals surface area contributed by atoms with Crippen molar-refractivity contribution in [3.05, 3.63) is 5.82 Å². The van der Waals surface area contributed by atoms with Crippen LogP contribution >= 0.6 is 35.5 Å². The maximum Gasteiger partial charge on any atom is 0.205 e. The van der Waals surface area contributed by atoms with Crippen molar-refractivity contribution in [1.82, 2.24) is 24.5 Å². The Morgan fingerprint density at radius 1 is 1.27 bits per heavy atom. The Hall–Kier alpha value is -0.680. The van der Waals surface area contributed by atoms with Gasteiger partial charge in [0.2, 0.25) is 5.13 Å². The van der Waals surface area contributed by atoms with E-state index in [2.05, 4.69) is 48.3 Å². The van der Waals surface area contributed by atoms with E-state index in [1.54, 1.807) is 0 Å². The zero-order valence-corrected chi connectivity index (χ0v) is 19.3. The van der Waals surface area contributed by atoms with E-state index in [-0.39, 0.29) is 24.0 Å². The second-order valence-electron chi connectivity index (χ2n) is 7.02. The summed E-state index contributed by atoms with van der Waals surface area (Å²) in [7, 11) is 4.11. The lowest BCUT2D eigenvalue weighted by atomic mass is 9.98. The Balaban J connectivity index is 0.00000243. The van der Waals surface area contributed by atoms with Crippen molar-refractivity contribution in [2.24, 2.45) is 10.9 Å². The number of piperazine rings is 1. The van der Waals surface area contributed by atoms with E-state index < -0.39 is 0 Å². The van der Waals surface area contributed by atoms with Gasteiger partial charge in [-0.3, -0.25) is 4.99 Å². The van der Waals surface area contributed by atoms with E-state index in [4.69, 9.17) is 0 Å². The molecule has 0 amide bonds. The number of rotatable bonds is 4. The molecular formula is C17H32IN7S. The Morgan fingerprint density at radius 3 is 2.65 bits per heavy atom. The van der Waals surface area contributed by atoms with Crippen LogP contribution in [-0.2, 0) is 6.42 Å². The van der Waals surface area contributed by atoms with Gasteiger partial charge in [0.15, 0.2) is 5.96 Å². The third-order valence-corrected chi connectivity index (χ3v) is 5.92.